The van der Waals surface area contributed by atoms with Crippen LogP contribution in [0.15, 0.2) is 28.5 Å². The van der Waals surface area contributed by atoms with Gasteiger partial charge in [-0.1, -0.05) is 45.2 Å². The lowest BCUT2D eigenvalue weighted by atomic mass is 9.96. The zero-order valence-corrected chi connectivity index (χ0v) is 16.7. The molecule has 1 aromatic carbocycles. The fourth-order valence-electron chi connectivity index (χ4n) is 3.40. The summed E-state index contributed by atoms with van der Waals surface area (Å²) in [4.78, 5) is 4.90. The van der Waals surface area contributed by atoms with Crippen molar-refractivity contribution in [3.05, 3.63) is 34.2 Å². The molecule has 3 rings (SSSR count). The summed E-state index contributed by atoms with van der Waals surface area (Å²) in [6.45, 7) is 6.02. The van der Waals surface area contributed by atoms with Gasteiger partial charge < -0.3 is 0 Å². The maximum absolute atomic E-state index is 13.1. The molecule has 0 bridgehead atoms. The van der Waals surface area contributed by atoms with Gasteiger partial charge in [0.25, 0.3) is 0 Å². The van der Waals surface area contributed by atoms with Crippen molar-refractivity contribution in [2.75, 3.05) is 0 Å². The van der Waals surface area contributed by atoms with E-state index in [9.17, 15) is 8.42 Å². The van der Waals surface area contributed by atoms with E-state index in [1.165, 1.54) is 6.42 Å². The van der Waals surface area contributed by atoms with Gasteiger partial charge >= 0.3 is 0 Å². The van der Waals surface area contributed by atoms with Gasteiger partial charge in [0.1, 0.15) is 0 Å². The first-order valence-electron chi connectivity index (χ1n) is 8.95. The number of rotatable bonds is 5. The van der Waals surface area contributed by atoms with E-state index >= 15 is 0 Å². The smallest absolute Gasteiger partial charge is 0.241 e. The molecule has 6 heteroatoms. The predicted octanol–water partition coefficient (Wildman–Crippen LogP) is 4.85. The van der Waals surface area contributed by atoms with Crippen LogP contribution in [0.4, 0.5) is 0 Å². The summed E-state index contributed by atoms with van der Waals surface area (Å²) in [5, 5.41) is 2.96. The first-order chi connectivity index (χ1) is 11.9. The van der Waals surface area contributed by atoms with Gasteiger partial charge in [-0.05, 0) is 37.3 Å². The van der Waals surface area contributed by atoms with E-state index in [0.717, 1.165) is 47.5 Å². The second kappa shape index (κ2) is 7.56. The highest BCUT2D eigenvalue weighted by Crippen LogP contribution is 2.31. The SMILES string of the molecule is Cc1nc(-c2ccc(C(C)C)c(S(=O)(=O)NC3CCCCC3)c2)cs1. The molecule has 1 saturated carbocycles. The van der Waals surface area contributed by atoms with Crippen LogP contribution in [-0.2, 0) is 10.0 Å². The van der Waals surface area contributed by atoms with E-state index in [2.05, 4.69) is 9.71 Å². The molecule has 1 heterocycles. The first kappa shape index (κ1) is 18.5. The molecule has 1 fully saturated rings. The van der Waals surface area contributed by atoms with Gasteiger partial charge in [0.05, 0.1) is 15.6 Å². The van der Waals surface area contributed by atoms with Crippen molar-refractivity contribution in [2.45, 2.75) is 69.7 Å². The van der Waals surface area contributed by atoms with Crippen molar-refractivity contribution in [3.8, 4) is 11.3 Å². The third-order valence-corrected chi connectivity index (χ3v) is 7.12. The molecule has 0 saturated heterocycles. The van der Waals surface area contributed by atoms with Crippen LogP contribution in [0, 0.1) is 6.92 Å². The Bertz CT molecular complexity index is 835. The molecule has 1 aliphatic rings. The van der Waals surface area contributed by atoms with Gasteiger partial charge in [0.15, 0.2) is 0 Å². The van der Waals surface area contributed by atoms with Crippen molar-refractivity contribution in [1.29, 1.82) is 0 Å². The second-order valence-electron chi connectivity index (χ2n) is 7.12. The average Bonchev–Trinajstić information content (AvgIpc) is 3.01. The number of sulfonamides is 1. The summed E-state index contributed by atoms with van der Waals surface area (Å²) < 4.78 is 29.1. The maximum atomic E-state index is 13.1. The highest BCUT2D eigenvalue weighted by molar-refractivity contribution is 7.89. The van der Waals surface area contributed by atoms with Crippen LogP contribution in [0.1, 0.15) is 62.4 Å². The Hall–Kier alpha value is -1.24. The molecule has 136 valence electrons. The van der Waals surface area contributed by atoms with Gasteiger partial charge in [-0.15, -0.1) is 11.3 Å². The van der Waals surface area contributed by atoms with E-state index in [4.69, 9.17) is 0 Å². The van der Waals surface area contributed by atoms with Crippen LogP contribution in [0.25, 0.3) is 11.3 Å². The van der Waals surface area contributed by atoms with Crippen LogP contribution in [0.5, 0.6) is 0 Å². The van der Waals surface area contributed by atoms with Crippen molar-refractivity contribution < 1.29 is 8.42 Å². The minimum atomic E-state index is -3.53. The summed E-state index contributed by atoms with van der Waals surface area (Å²) in [6.07, 6.45) is 5.27. The zero-order chi connectivity index (χ0) is 18.0. The number of nitrogens with one attached hydrogen (secondary N) is 1. The lowest BCUT2D eigenvalue weighted by molar-refractivity contribution is 0.412. The number of benzene rings is 1. The number of thiazole rings is 1. The molecule has 2 aromatic rings. The molecule has 1 aliphatic carbocycles. The third kappa shape index (κ3) is 4.30. The lowest BCUT2D eigenvalue weighted by Crippen LogP contribution is -2.36. The summed E-state index contributed by atoms with van der Waals surface area (Å²) >= 11 is 1.58. The van der Waals surface area contributed by atoms with E-state index in [1.807, 2.05) is 38.3 Å². The highest BCUT2D eigenvalue weighted by Gasteiger charge is 2.25. The van der Waals surface area contributed by atoms with E-state index in [1.54, 1.807) is 17.4 Å². The molecule has 0 atom stereocenters. The molecule has 4 nitrogen and oxygen atoms in total. The summed E-state index contributed by atoms with van der Waals surface area (Å²) in [5.74, 6) is 0.143. The Labute approximate surface area is 154 Å². The highest BCUT2D eigenvalue weighted by atomic mass is 32.2. The summed E-state index contributed by atoms with van der Waals surface area (Å²) in [6, 6.07) is 5.76. The second-order valence-corrected chi connectivity index (χ2v) is 9.86. The van der Waals surface area contributed by atoms with Crippen LogP contribution in [0.3, 0.4) is 0 Å². The third-order valence-electron chi connectivity index (χ3n) is 4.77. The molecular weight excluding hydrogens is 352 g/mol. The summed E-state index contributed by atoms with van der Waals surface area (Å²) in [7, 11) is -3.53. The van der Waals surface area contributed by atoms with Gasteiger partial charge in [0, 0.05) is 17.0 Å². The molecule has 25 heavy (non-hydrogen) atoms. The maximum Gasteiger partial charge on any atom is 0.241 e. The van der Waals surface area contributed by atoms with Crippen molar-refractivity contribution in [3.63, 3.8) is 0 Å². The Morgan fingerprint density at radius 2 is 1.92 bits per heavy atom. The minimum Gasteiger partial charge on any atom is -0.242 e. The average molecular weight is 379 g/mol. The topological polar surface area (TPSA) is 59.1 Å². The molecule has 0 amide bonds. The van der Waals surface area contributed by atoms with Gasteiger partial charge in [-0.2, -0.15) is 0 Å². The lowest BCUT2D eigenvalue weighted by Gasteiger charge is -2.24. The fourth-order valence-corrected chi connectivity index (χ4v) is 5.72. The largest absolute Gasteiger partial charge is 0.242 e. The van der Waals surface area contributed by atoms with E-state index in [0.29, 0.717) is 4.90 Å². The monoisotopic (exact) mass is 378 g/mol. The Balaban J connectivity index is 1.99. The predicted molar refractivity (Wildman–Crippen MR) is 104 cm³/mol. The van der Waals surface area contributed by atoms with Gasteiger partial charge in [0.2, 0.25) is 10.0 Å². The van der Waals surface area contributed by atoms with Crippen molar-refractivity contribution >= 4 is 21.4 Å². The minimum absolute atomic E-state index is 0.0592. The molecule has 0 spiro atoms. The van der Waals surface area contributed by atoms with Crippen LogP contribution < -0.4 is 4.72 Å². The summed E-state index contributed by atoms with van der Waals surface area (Å²) in [5.41, 5.74) is 2.56. The first-order valence-corrected chi connectivity index (χ1v) is 11.3. The number of aryl methyl sites for hydroxylation is 1. The Morgan fingerprint density at radius 1 is 1.20 bits per heavy atom. The molecule has 0 unspecified atom stereocenters. The van der Waals surface area contributed by atoms with E-state index < -0.39 is 10.0 Å². The number of aromatic nitrogens is 1. The quantitative estimate of drug-likeness (QED) is 0.809. The van der Waals surface area contributed by atoms with Crippen molar-refractivity contribution in [1.82, 2.24) is 9.71 Å². The zero-order valence-electron chi connectivity index (χ0n) is 15.1. The molecule has 0 aliphatic heterocycles. The molecule has 1 aromatic heterocycles. The number of nitrogens with zero attached hydrogens (tertiary/aromatic N) is 1. The standard InChI is InChI=1S/C19H26N2O2S2/c1-13(2)17-10-9-15(18-12-24-14(3)20-18)11-19(17)25(22,23)21-16-7-5-4-6-8-16/h9-13,16,21H,4-8H2,1-3H3. The normalized spacial score (nSPS) is 16.5. The van der Waals surface area contributed by atoms with Gasteiger partial charge in [-0.3, -0.25) is 0 Å². The van der Waals surface area contributed by atoms with E-state index in [-0.39, 0.29) is 12.0 Å². The Morgan fingerprint density at radius 3 is 2.52 bits per heavy atom. The van der Waals surface area contributed by atoms with Crippen LogP contribution in [-0.4, -0.2) is 19.4 Å². The van der Waals surface area contributed by atoms with Crippen LogP contribution >= 0.6 is 11.3 Å². The van der Waals surface area contributed by atoms with Crippen LogP contribution in [0.2, 0.25) is 0 Å². The Kier molecular flexibility index (Phi) is 5.61. The fraction of sp³-hybridized carbons (Fsp3) is 0.526. The molecule has 1 N–H and O–H groups in total. The number of hydrogen-bond acceptors (Lipinski definition) is 4. The molecular formula is C19H26N2O2S2. The number of hydrogen-bond donors (Lipinski definition) is 1. The van der Waals surface area contributed by atoms with Gasteiger partial charge in [-0.25, -0.2) is 18.1 Å². The molecule has 0 radical (unpaired) electrons. The van der Waals surface area contributed by atoms with Crippen molar-refractivity contribution in [2.24, 2.45) is 0 Å².